The van der Waals surface area contributed by atoms with Crippen molar-refractivity contribution in [3.8, 4) is 0 Å². The van der Waals surface area contributed by atoms with E-state index in [4.69, 9.17) is 37.0 Å². The highest BCUT2D eigenvalue weighted by molar-refractivity contribution is 7.47. The second kappa shape index (κ2) is 65.7. The van der Waals surface area contributed by atoms with E-state index in [2.05, 4.69) is 48.5 Å². The van der Waals surface area contributed by atoms with Gasteiger partial charge in [-0.1, -0.05) is 331 Å². The Kier molecular flexibility index (Phi) is 64.3. The molecule has 0 heterocycles. The van der Waals surface area contributed by atoms with Gasteiger partial charge in [-0.25, -0.2) is 9.13 Å². The highest BCUT2D eigenvalue weighted by Gasteiger charge is 2.30. The summed E-state index contributed by atoms with van der Waals surface area (Å²) < 4.78 is 68.4. The van der Waals surface area contributed by atoms with Crippen molar-refractivity contribution in [2.75, 3.05) is 39.6 Å². The number of hydrogen-bond acceptors (Lipinski definition) is 15. The summed E-state index contributed by atoms with van der Waals surface area (Å²) in [5, 5.41) is 10.6. The van der Waals surface area contributed by atoms with Crippen molar-refractivity contribution in [2.45, 2.75) is 401 Å². The predicted octanol–water partition coefficient (Wildman–Crippen LogP) is 21.8. The molecule has 0 aromatic rings. The van der Waals surface area contributed by atoms with Gasteiger partial charge < -0.3 is 33.8 Å². The first kappa shape index (κ1) is 92.1. The molecule has 5 atom stereocenters. The Hall–Kier alpha value is -1.94. The van der Waals surface area contributed by atoms with Crippen LogP contribution in [0.1, 0.15) is 382 Å². The molecule has 17 nitrogen and oxygen atoms in total. The highest BCUT2D eigenvalue weighted by Crippen LogP contribution is 2.45. The molecule has 0 spiro atoms. The van der Waals surface area contributed by atoms with Crippen molar-refractivity contribution in [3.05, 3.63) is 0 Å². The number of ether oxygens (including phenoxy) is 4. The number of aliphatic hydroxyl groups is 1. The molecule has 558 valence electrons. The lowest BCUT2D eigenvalue weighted by molar-refractivity contribution is -0.161. The first-order valence-corrected chi connectivity index (χ1v) is 41.8. The molecular weight excluding hydrogens is 1230 g/mol. The predicted molar refractivity (Wildman–Crippen MR) is 381 cm³/mol. The fourth-order valence-corrected chi connectivity index (χ4v) is 13.0. The van der Waals surface area contributed by atoms with Crippen LogP contribution < -0.4 is 0 Å². The molecule has 0 amide bonds. The summed E-state index contributed by atoms with van der Waals surface area (Å²) in [5.41, 5.74) is 0. The Morgan fingerprint density at radius 3 is 0.723 bits per heavy atom. The molecule has 3 N–H and O–H groups in total. The third kappa shape index (κ3) is 68.6. The lowest BCUT2D eigenvalue weighted by Crippen LogP contribution is -2.30. The van der Waals surface area contributed by atoms with E-state index in [1.807, 2.05) is 0 Å². The van der Waals surface area contributed by atoms with Crippen molar-refractivity contribution >= 4 is 39.5 Å². The molecule has 0 aliphatic carbocycles. The number of rotatable bonds is 73. The molecule has 0 saturated heterocycles. The van der Waals surface area contributed by atoms with Gasteiger partial charge in [0, 0.05) is 25.7 Å². The summed E-state index contributed by atoms with van der Waals surface area (Å²) in [4.78, 5) is 72.7. The van der Waals surface area contributed by atoms with Crippen LogP contribution >= 0.6 is 15.6 Å². The molecule has 94 heavy (non-hydrogen) atoms. The molecule has 0 saturated carbocycles. The molecule has 0 fully saturated rings. The van der Waals surface area contributed by atoms with Gasteiger partial charge >= 0.3 is 39.5 Å². The number of unbranched alkanes of at least 4 members (excludes halogenated alkanes) is 41. The van der Waals surface area contributed by atoms with Gasteiger partial charge in [0.05, 0.1) is 26.4 Å². The van der Waals surface area contributed by atoms with Gasteiger partial charge in [-0.05, 0) is 43.4 Å². The molecule has 0 aromatic carbocycles. The zero-order valence-corrected chi connectivity index (χ0v) is 63.2. The first-order chi connectivity index (χ1) is 45.2. The molecule has 2 unspecified atom stereocenters. The van der Waals surface area contributed by atoms with Crippen molar-refractivity contribution in [3.63, 3.8) is 0 Å². The van der Waals surface area contributed by atoms with Gasteiger partial charge in [0.15, 0.2) is 12.2 Å². The minimum absolute atomic E-state index is 0.102. The quantitative estimate of drug-likeness (QED) is 0.0222. The zero-order valence-electron chi connectivity index (χ0n) is 61.4. The van der Waals surface area contributed by atoms with E-state index in [9.17, 15) is 43.2 Å². The number of carbonyl (C=O) groups is 4. The Morgan fingerprint density at radius 2 is 0.489 bits per heavy atom. The van der Waals surface area contributed by atoms with Gasteiger partial charge in [0.25, 0.3) is 0 Å². The van der Waals surface area contributed by atoms with E-state index in [0.717, 1.165) is 102 Å². The van der Waals surface area contributed by atoms with Gasteiger partial charge in [0.1, 0.15) is 19.3 Å². The number of carbonyl (C=O) groups excluding carboxylic acids is 4. The first-order valence-electron chi connectivity index (χ1n) is 38.8. The average Bonchev–Trinajstić information content (AvgIpc) is 3.42. The van der Waals surface area contributed by atoms with E-state index in [-0.39, 0.29) is 25.7 Å². The van der Waals surface area contributed by atoms with E-state index < -0.39 is 97.5 Å². The van der Waals surface area contributed by atoms with E-state index in [1.165, 1.54) is 186 Å². The zero-order chi connectivity index (χ0) is 69.4. The summed E-state index contributed by atoms with van der Waals surface area (Å²) >= 11 is 0. The maximum absolute atomic E-state index is 13.1. The van der Waals surface area contributed by atoms with Crippen LogP contribution in [0.4, 0.5) is 0 Å². The summed E-state index contributed by atoms with van der Waals surface area (Å²) in [7, 11) is -9.91. The molecule has 19 heteroatoms. The van der Waals surface area contributed by atoms with E-state index in [1.54, 1.807) is 0 Å². The maximum atomic E-state index is 13.1. The van der Waals surface area contributed by atoms with Crippen LogP contribution in [-0.4, -0.2) is 96.7 Å². The van der Waals surface area contributed by atoms with Gasteiger partial charge in [-0.3, -0.25) is 37.3 Å². The molecule has 0 aliphatic rings. The van der Waals surface area contributed by atoms with Crippen molar-refractivity contribution in [1.82, 2.24) is 0 Å². The maximum Gasteiger partial charge on any atom is 0.472 e. The second-order valence-corrected chi connectivity index (χ2v) is 31.4. The molecular formula is C75H146O17P2. The van der Waals surface area contributed by atoms with E-state index >= 15 is 0 Å². The standard InChI is InChI=1S/C75H146O17P2/c1-8-9-10-11-12-13-14-15-16-17-18-19-20-23-27-30-35-44-51-58-74(79)91-70(62-85-72(77)56-49-42-34-29-26-24-21-22-25-28-32-39-46-53-66(2)3)64-89-93(81,82)87-60-69(76)61-88-94(83,84)90-65-71(63-86-73(78)57-50-43-38-37-41-48-55-68(6)7)92-75(80)59-52-45-36-31-33-40-47-54-67(4)5/h66-71,76H,8-65H2,1-7H3,(H,81,82)(H,83,84)/t69-,70-,71-/m1/s1. The average molecular weight is 1380 g/mol. The molecule has 0 aromatic heterocycles. The molecule has 0 aliphatic heterocycles. The largest absolute Gasteiger partial charge is 0.472 e. The summed E-state index contributed by atoms with van der Waals surface area (Å²) in [5.74, 6) is 0.0421. The minimum Gasteiger partial charge on any atom is -0.462 e. The fourth-order valence-electron chi connectivity index (χ4n) is 11.4. The third-order valence-electron chi connectivity index (χ3n) is 17.4. The van der Waals surface area contributed by atoms with Crippen LogP contribution in [0.3, 0.4) is 0 Å². The fraction of sp³-hybridized carbons (Fsp3) is 0.947. The summed E-state index contributed by atoms with van der Waals surface area (Å²) in [6, 6.07) is 0. The highest BCUT2D eigenvalue weighted by atomic mass is 31.2. The summed E-state index contributed by atoms with van der Waals surface area (Å²) in [6.45, 7) is 11.8. The molecule has 0 rings (SSSR count). The number of hydrogen-bond donors (Lipinski definition) is 3. The molecule has 0 radical (unpaired) electrons. The number of phosphoric acid groups is 2. The second-order valence-electron chi connectivity index (χ2n) is 28.5. The number of esters is 4. The van der Waals surface area contributed by atoms with Crippen molar-refractivity contribution in [2.24, 2.45) is 17.8 Å². The van der Waals surface area contributed by atoms with Crippen molar-refractivity contribution < 1.29 is 80.2 Å². The number of phosphoric ester groups is 2. The third-order valence-corrected chi connectivity index (χ3v) is 19.3. The Morgan fingerprint density at radius 1 is 0.287 bits per heavy atom. The number of aliphatic hydroxyl groups excluding tert-OH is 1. The topological polar surface area (TPSA) is 237 Å². The van der Waals surface area contributed by atoms with E-state index in [0.29, 0.717) is 37.5 Å². The Labute approximate surface area is 575 Å². The smallest absolute Gasteiger partial charge is 0.462 e. The monoisotopic (exact) mass is 1380 g/mol. The van der Waals surface area contributed by atoms with Crippen LogP contribution in [0.5, 0.6) is 0 Å². The SMILES string of the molecule is CCCCCCCCCCCCCCCCCCCCCC(=O)O[C@H](COC(=O)CCCCCCCCCCCCCCCC(C)C)COP(=O)(O)OC[C@@H](O)COP(=O)(O)OC[C@@H](COC(=O)CCCCCCCCC(C)C)OC(=O)CCCCCCCCCC(C)C. The molecule has 0 bridgehead atoms. The van der Waals surface area contributed by atoms with Gasteiger partial charge in [-0.15, -0.1) is 0 Å². The van der Waals surface area contributed by atoms with Crippen LogP contribution in [0, 0.1) is 17.8 Å². The summed E-state index contributed by atoms with van der Waals surface area (Å²) in [6.07, 6.45) is 51.7. The lowest BCUT2D eigenvalue weighted by atomic mass is 10.0. The Balaban J connectivity index is 5.21. The van der Waals surface area contributed by atoms with Gasteiger partial charge in [0.2, 0.25) is 0 Å². The van der Waals surface area contributed by atoms with Crippen LogP contribution in [0.25, 0.3) is 0 Å². The van der Waals surface area contributed by atoms with Crippen LogP contribution in [0.2, 0.25) is 0 Å². The van der Waals surface area contributed by atoms with Gasteiger partial charge in [-0.2, -0.15) is 0 Å². The van der Waals surface area contributed by atoms with Crippen LogP contribution in [-0.2, 0) is 65.4 Å². The van der Waals surface area contributed by atoms with Crippen LogP contribution in [0.15, 0.2) is 0 Å². The lowest BCUT2D eigenvalue weighted by Gasteiger charge is -2.21. The Bertz CT molecular complexity index is 1840. The normalized spacial score (nSPS) is 14.1. The van der Waals surface area contributed by atoms with Crippen molar-refractivity contribution in [1.29, 1.82) is 0 Å². The minimum atomic E-state index is -4.96.